The molecular formula is C16H17N3OS. The van der Waals surface area contributed by atoms with E-state index in [1.807, 2.05) is 31.2 Å². The minimum absolute atomic E-state index is 0.0750. The Kier molecular flexibility index (Phi) is 3.75. The molecule has 2 heterocycles. The van der Waals surface area contributed by atoms with Crippen molar-refractivity contribution in [3.63, 3.8) is 0 Å². The monoisotopic (exact) mass is 299 g/mol. The maximum absolute atomic E-state index is 12.3. The van der Waals surface area contributed by atoms with E-state index in [0.29, 0.717) is 5.69 Å². The highest BCUT2D eigenvalue weighted by Crippen LogP contribution is 2.18. The van der Waals surface area contributed by atoms with Gasteiger partial charge < -0.3 is 5.32 Å². The third-order valence-corrected chi connectivity index (χ3v) is 4.39. The quantitative estimate of drug-likeness (QED) is 0.776. The van der Waals surface area contributed by atoms with Gasteiger partial charge in [0, 0.05) is 27.6 Å². The van der Waals surface area contributed by atoms with E-state index in [0.717, 1.165) is 17.3 Å². The molecule has 0 saturated heterocycles. The molecule has 0 fully saturated rings. The van der Waals surface area contributed by atoms with Gasteiger partial charge >= 0.3 is 0 Å². The van der Waals surface area contributed by atoms with Crippen LogP contribution >= 0.6 is 11.3 Å². The van der Waals surface area contributed by atoms with Crippen molar-refractivity contribution in [1.82, 2.24) is 15.5 Å². The number of aromatic nitrogens is 2. The van der Waals surface area contributed by atoms with E-state index in [4.69, 9.17) is 0 Å². The van der Waals surface area contributed by atoms with Gasteiger partial charge in [0.05, 0.1) is 5.52 Å². The Morgan fingerprint density at radius 1 is 1.33 bits per heavy atom. The number of benzene rings is 1. The number of aromatic amines is 1. The number of carbonyl (C=O) groups excluding carboxylic acids is 1. The molecule has 0 bridgehead atoms. The van der Waals surface area contributed by atoms with E-state index in [1.165, 1.54) is 9.75 Å². The van der Waals surface area contributed by atoms with Crippen LogP contribution in [0.4, 0.5) is 0 Å². The van der Waals surface area contributed by atoms with Crippen molar-refractivity contribution in [2.45, 2.75) is 26.3 Å². The van der Waals surface area contributed by atoms with Gasteiger partial charge in [0.2, 0.25) is 0 Å². The van der Waals surface area contributed by atoms with E-state index in [-0.39, 0.29) is 11.9 Å². The lowest BCUT2D eigenvalue weighted by Gasteiger charge is -2.11. The first-order valence-corrected chi connectivity index (χ1v) is 7.74. The van der Waals surface area contributed by atoms with Gasteiger partial charge in [-0.15, -0.1) is 11.3 Å². The Labute approximate surface area is 127 Å². The Bertz CT molecular complexity index is 775. The fourth-order valence-corrected chi connectivity index (χ4v) is 3.40. The lowest BCUT2D eigenvalue weighted by molar-refractivity contribution is 0.0937. The Morgan fingerprint density at radius 2 is 2.14 bits per heavy atom. The predicted octanol–water partition coefficient (Wildman–Crippen LogP) is 3.29. The molecule has 108 valence electrons. The van der Waals surface area contributed by atoms with Crippen LogP contribution < -0.4 is 5.32 Å². The number of amides is 1. The van der Waals surface area contributed by atoms with Crippen molar-refractivity contribution in [1.29, 1.82) is 0 Å². The molecule has 4 nitrogen and oxygen atoms in total. The average molecular weight is 299 g/mol. The van der Waals surface area contributed by atoms with E-state index in [2.05, 4.69) is 34.6 Å². The molecule has 0 aliphatic heterocycles. The summed E-state index contributed by atoms with van der Waals surface area (Å²) in [5.41, 5.74) is 1.34. The molecular weight excluding hydrogens is 282 g/mol. The molecule has 0 radical (unpaired) electrons. The Morgan fingerprint density at radius 3 is 2.90 bits per heavy atom. The molecule has 1 unspecified atom stereocenters. The maximum atomic E-state index is 12.3. The topological polar surface area (TPSA) is 57.8 Å². The highest BCUT2D eigenvalue weighted by atomic mass is 32.1. The first-order chi connectivity index (χ1) is 10.1. The summed E-state index contributed by atoms with van der Waals surface area (Å²) >= 11 is 1.77. The number of fused-ring (bicyclic) bond motifs is 1. The summed E-state index contributed by atoms with van der Waals surface area (Å²) in [6.07, 6.45) is 0.840. The Balaban J connectivity index is 1.71. The number of nitrogens with zero attached hydrogens (tertiary/aromatic N) is 1. The van der Waals surface area contributed by atoms with Crippen molar-refractivity contribution in [3.8, 4) is 0 Å². The molecule has 0 aliphatic rings. The minimum atomic E-state index is -0.131. The highest BCUT2D eigenvalue weighted by molar-refractivity contribution is 7.11. The zero-order valence-electron chi connectivity index (χ0n) is 12.0. The van der Waals surface area contributed by atoms with Crippen LogP contribution in [-0.2, 0) is 6.42 Å². The Hall–Kier alpha value is -2.14. The standard InChI is InChI=1S/C16H17N3OS/c1-10(9-12-8-7-11(2)21-12)17-16(20)15-13-5-3-4-6-14(13)18-19-15/h3-8,10H,9H2,1-2H3,(H,17,20)(H,18,19). The number of hydrogen-bond acceptors (Lipinski definition) is 3. The number of para-hydroxylation sites is 1. The van der Waals surface area contributed by atoms with E-state index in [1.54, 1.807) is 11.3 Å². The number of thiophene rings is 1. The third kappa shape index (κ3) is 2.97. The summed E-state index contributed by atoms with van der Waals surface area (Å²) in [6.45, 7) is 4.11. The van der Waals surface area contributed by atoms with Crippen LogP contribution in [0.2, 0.25) is 0 Å². The van der Waals surface area contributed by atoms with Gasteiger partial charge in [0.25, 0.3) is 5.91 Å². The molecule has 0 spiro atoms. The summed E-state index contributed by atoms with van der Waals surface area (Å²) in [6, 6.07) is 11.9. The van der Waals surface area contributed by atoms with Crippen LogP contribution in [0.25, 0.3) is 10.9 Å². The lowest BCUT2D eigenvalue weighted by atomic mass is 10.1. The first kappa shape index (κ1) is 13.8. The van der Waals surface area contributed by atoms with E-state index in [9.17, 15) is 4.79 Å². The molecule has 1 aromatic carbocycles. The van der Waals surface area contributed by atoms with Crippen molar-refractivity contribution < 1.29 is 4.79 Å². The fraction of sp³-hybridized carbons (Fsp3) is 0.250. The minimum Gasteiger partial charge on any atom is -0.348 e. The second kappa shape index (κ2) is 5.69. The molecule has 1 atom stereocenters. The molecule has 2 aromatic heterocycles. The number of nitrogens with one attached hydrogen (secondary N) is 2. The number of aryl methyl sites for hydroxylation is 1. The summed E-state index contributed by atoms with van der Waals surface area (Å²) in [5.74, 6) is -0.131. The molecule has 0 saturated carbocycles. The molecule has 2 N–H and O–H groups in total. The molecule has 21 heavy (non-hydrogen) atoms. The molecule has 1 amide bonds. The molecule has 5 heteroatoms. The predicted molar refractivity (Wildman–Crippen MR) is 85.8 cm³/mol. The first-order valence-electron chi connectivity index (χ1n) is 6.93. The van der Waals surface area contributed by atoms with Crippen molar-refractivity contribution >= 4 is 28.1 Å². The molecule has 0 aliphatic carbocycles. The van der Waals surface area contributed by atoms with E-state index >= 15 is 0 Å². The van der Waals surface area contributed by atoms with Crippen LogP contribution in [0.1, 0.15) is 27.2 Å². The highest BCUT2D eigenvalue weighted by Gasteiger charge is 2.16. The second-order valence-electron chi connectivity index (χ2n) is 5.21. The van der Waals surface area contributed by atoms with Crippen LogP contribution in [-0.4, -0.2) is 22.1 Å². The van der Waals surface area contributed by atoms with Gasteiger partial charge in [-0.2, -0.15) is 5.10 Å². The summed E-state index contributed by atoms with van der Waals surface area (Å²) < 4.78 is 0. The van der Waals surface area contributed by atoms with Crippen LogP contribution in [0.5, 0.6) is 0 Å². The molecule has 3 rings (SSSR count). The average Bonchev–Trinajstić information content (AvgIpc) is 3.04. The fourth-order valence-electron chi connectivity index (χ4n) is 2.38. The van der Waals surface area contributed by atoms with Crippen molar-refractivity contribution in [2.75, 3.05) is 0 Å². The van der Waals surface area contributed by atoms with Gasteiger partial charge in [-0.1, -0.05) is 18.2 Å². The smallest absolute Gasteiger partial charge is 0.272 e. The number of rotatable bonds is 4. The van der Waals surface area contributed by atoms with Gasteiger partial charge in [-0.05, 0) is 32.0 Å². The van der Waals surface area contributed by atoms with Gasteiger partial charge in [-0.3, -0.25) is 9.89 Å². The second-order valence-corrected chi connectivity index (χ2v) is 6.58. The van der Waals surface area contributed by atoms with E-state index < -0.39 is 0 Å². The van der Waals surface area contributed by atoms with Gasteiger partial charge in [0.1, 0.15) is 0 Å². The zero-order chi connectivity index (χ0) is 14.8. The number of H-pyrrole nitrogens is 1. The van der Waals surface area contributed by atoms with Crippen LogP contribution in [0.3, 0.4) is 0 Å². The van der Waals surface area contributed by atoms with Gasteiger partial charge in [-0.25, -0.2) is 0 Å². The summed E-state index contributed by atoms with van der Waals surface area (Å²) in [7, 11) is 0. The van der Waals surface area contributed by atoms with Crippen molar-refractivity contribution in [2.24, 2.45) is 0 Å². The number of hydrogen-bond donors (Lipinski definition) is 2. The lowest BCUT2D eigenvalue weighted by Crippen LogP contribution is -2.34. The van der Waals surface area contributed by atoms with Crippen LogP contribution in [0, 0.1) is 6.92 Å². The maximum Gasteiger partial charge on any atom is 0.272 e. The normalized spacial score (nSPS) is 12.5. The SMILES string of the molecule is Cc1ccc(CC(C)NC(=O)c2n[nH]c3ccccc23)s1. The summed E-state index contributed by atoms with van der Waals surface area (Å²) in [4.78, 5) is 14.9. The largest absolute Gasteiger partial charge is 0.348 e. The third-order valence-electron chi connectivity index (χ3n) is 3.37. The zero-order valence-corrected chi connectivity index (χ0v) is 12.8. The number of carbonyl (C=O) groups is 1. The van der Waals surface area contributed by atoms with Crippen LogP contribution in [0.15, 0.2) is 36.4 Å². The molecule has 3 aromatic rings. The van der Waals surface area contributed by atoms with Crippen molar-refractivity contribution in [3.05, 3.63) is 51.8 Å². The summed E-state index contributed by atoms with van der Waals surface area (Å²) in [5, 5.41) is 10.9. The van der Waals surface area contributed by atoms with Gasteiger partial charge in [0.15, 0.2) is 5.69 Å².